The Balaban J connectivity index is 1.67. The summed E-state index contributed by atoms with van der Waals surface area (Å²) in [6.07, 6.45) is 1.70. The maximum absolute atomic E-state index is 6.01. The molecular formula is C18H16Cl2N4. The third-order valence-corrected chi connectivity index (χ3v) is 4.16. The first-order valence-electron chi connectivity index (χ1n) is 7.45. The Morgan fingerprint density at radius 1 is 0.958 bits per heavy atom. The molecule has 0 saturated heterocycles. The fourth-order valence-electron chi connectivity index (χ4n) is 2.12. The third kappa shape index (κ3) is 4.37. The molecular weight excluding hydrogens is 343 g/mol. The third-order valence-electron chi connectivity index (χ3n) is 3.43. The molecule has 0 saturated carbocycles. The van der Waals surface area contributed by atoms with Crippen molar-refractivity contribution in [2.24, 2.45) is 0 Å². The Bertz CT molecular complexity index is 835. The van der Waals surface area contributed by atoms with Gasteiger partial charge in [0.2, 0.25) is 5.95 Å². The Morgan fingerprint density at radius 3 is 2.50 bits per heavy atom. The molecule has 24 heavy (non-hydrogen) atoms. The van der Waals surface area contributed by atoms with Crippen molar-refractivity contribution < 1.29 is 0 Å². The van der Waals surface area contributed by atoms with E-state index in [1.54, 1.807) is 18.3 Å². The summed E-state index contributed by atoms with van der Waals surface area (Å²) in [4.78, 5) is 8.66. The fourth-order valence-corrected chi connectivity index (χ4v) is 2.42. The van der Waals surface area contributed by atoms with Crippen LogP contribution < -0.4 is 10.6 Å². The number of anilines is 3. The normalized spacial score (nSPS) is 10.5. The molecule has 0 amide bonds. The van der Waals surface area contributed by atoms with E-state index in [0.717, 1.165) is 11.5 Å². The van der Waals surface area contributed by atoms with E-state index in [4.69, 9.17) is 23.2 Å². The van der Waals surface area contributed by atoms with Crippen LogP contribution in [-0.4, -0.2) is 9.97 Å². The number of hydrogen-bond donors (Lipinski definition) is 2. The summed E-state index contributed by atoms with van der Waals surface area (Å²) in [6, 6.07) is 15.5. The summed E-state index contributed by atoms with van der Waals surface area (Å²) in [6.45, 7) is 2.77. The maximum atomic E-state index is 6.01. The number of aryl methyl sites for hydroxylation is 1. The van der Waals surface area contributed by atoms with Gasteiger partial charge in [-0.05, 0) is 36.8 Å². The predicted octanol–water partition coefficient (Wildman–Crippen LogP) is 5.45. The number of nitrogens with one attached hydrogen (secondary N) is 2. The van der Waals surface area contributed by atoms with Crippen LogP contribution in [0.5, 0.6) is 0 Å². The number of benzene rings is 2. The molecule has 0 fully saturated rings. The minimum absolute atomic E-state index is 0.482. The standard InChI is InChI=1S/C18H16Cl2N4/c1-12-2-4-13(5-3-12)11-22-17-8-9-21-18(24-17)23-14-6-7-15(19)16(20)10-14/h2-10H,11H2,1H3,(H2,21,22,23,24). The average Bonchev–Trinajstić information content (AvgIpc) is 2.58. The van der Waals surface area contributed by atoms with E-state index in [9.17, 15) is 0 Å². The number of nitrogens with zero attached hydrogens (tertiary/aromatic N) is 2. The Labute approximate surface area is 150 Å². The van der Waals surface area contributed by atoms with Crippen molar-refractivity contribution >= 4 is 40.7 Å². The van der Waals surface area contributed by atoms with Crippen LogP contribution in [0, 0.1) is 6.92 Å². The van der Waals surface area contributed by atoms with Gasteiger partial charge in [-0.2, -0.15) is 4.98 Å². The van der Waals surface area contributed by atoms with E-state index >= 15 is 0 Å². The van der Waals surface area contributed by atoms with E-state index in [1.165, 1.54) is 11.1 Å². The van der Waals surface area contributed by atoms with Gasteiger partial charge in [-0.25, -0.2) is 4.98 Å². The molecule has 0 radical (unpaired) electrons. The van der Waals surface area contributed by atoms with Gasteiger partial charge in [-0.1, -0.05) is 53.0 Å². The van der Waals surface area contributed by atoms with Crippen molar-refractivity contribution in [1.29, 1.82) is 0 Å². The van der Waals surface area contributed by atoms with Gasteiger partial charge in [0, 0.05) is 18.4 Å². The minimum Gasteiger partial charge on any atom is -0.366 e. The lowest BCUT2D eigenvalue weighted by molar-refractivity contribution is 1.08. The van der Waals surface area contributed by atoms with E-state index in [1.807, 2.05) is 12.1 Å². The van der Waals surface area contributed by atoms with Gasteiger partial charge >= 0.3 is 0 Å². The van der Waals surface area contributed by atoms with E-state index < -0.39 is 0 Å². The van der Waals surface area contributed by atoms with Crippen molar-refractivity contribution in [3.05, 3.63) is 75.9 Å². The molecule has 122 valence electrons. The van der Waals surface area contributed by atoms with Gasteiger partial charge in [0.15, 0.2) is 0 Å². The molecule has 1 heterocycles. The monoisotopic (exact) mass is 358 g/mol. The van der Waals surface area contributed by atoms with Crippen LogP contribution in [0.2, 0.25) is 10.0 Å². The highest BCUT2D eigenvalue weighted by atomic mass is 35.5. The van der Waals surface area contributed by atoms with Crippen LogP contribution in [0.1, 0.15) is 11.1 Å². The molecule has 0 spiro atoms. The van der Waals surface area contributed by atoms with Gasteiger partial charge in [-0.15, -0.1) is 0 Å². The van der Waals surface area contributed by atoms with Crippen LogP contribution >= 0.6 is 23.2 Å². The molecule has 0 unspecified atom stereocenters. The summed E-state index contributed by atoms with van der Waals surface area (Å²) < 4.78 is 0. The van der Waals surface area contributed by atoms with Crippen molar-refractivity contribution in [2.45, 2.75) is 13.5 Å². The predicted molar refractivity (Wildman–Crippen MR) is 100 cm³/mol. The zero-order valence-electron chi connectivity index (χ0n) is 13.1. The molecule has 2 N–H and O–H groups in total. The van der Waals surface area contributed by atoms with Crippen LogP contribution in [0.15, 0.2) is 54.7 Å². The van der Waals surface area contributed by atoms with Crippen LogP contribution in [0.4, 0.5) is 17.5 Å². The number of hydrogen-bond acceptors (Lipinski definition) is 4. The molecule has 0 aliphatic heterocycles. The lowest BCUT2D eigenvalue weighted by atomic mass is 10.1. The quantitative estimate of drug-likeness (QED) is 0.636. The highest BCUT2D eigenvalue weighted by molar-refractivity contribution is 6.42. The first kappa shape index (κ1) is 16.6. The van der Waals surface area contributed by atoms with Gasteiger partial charge in [0.25, 0.3) is 0 Å². The molecule has 3 aromatic rings. The summed E-state index contributed by atoms with van der Waals surface area (Å²) in [5.74, 6) is 1.23. The van der Waals surface area contributed by atoms with Crippen LogP contribution in [0.3, 0.4) is 0 Å². The average molecular weight is 359 g/mol. The Hall–Kier alpha value is -2.30. The molecule has 2 aromatic carbocycles. The highest BCUT2D eigenvalue weighted by Crippen LogP contribution is 2.26. The van der Waals surface area contributed by atoms with Gasteiger partial charge in [0.1, 0.15) is 5.82 Å². The summed E-state index contributed by atoms with van der Waals surface area (Å²) in [5, 5.41) is 7.39. The van der Waals surface area contributed by atoms with Crippen molar-refractivity contribution in [2.75, 3.05) is 10.6 Å². The zero-order chi connectivity index (χ0) is 16.9. The van der Waals surface area contributed by atoms with E-state index in [0.29, 0.717) is 22.5 Å². The van der Waals surface area contributed by atoms with Crippen LogP contribution in [-0.2, 0) is 6.54 Å². The molecule has 0 aliphatic carbocycles. The molecule has 4 nitrogen and oxygen atoms in total. The Morgan fingerprint density at radius 2 is 1.75 bits per heavy atom. The summed E-state index contributed by atoms with van der Waals surface area (Å²) >= 11 is 11.9. The molecule has 0 atom stereocenters. The Kier molecular flexibility index (Phi) is 5.18. The molecule has 3 rings (SSSR count). The van der Waals surface area contributed by atoms with Crippen molar-refractivity contribution in [1.82, 2.24) is 9.97 Å². The van der Waals surface area contributed by atoms with E-state index in [-0.39, 0.29) is 0 Å². The second-order valence-electron chi connectivity index (χ2n) is 5.36. The molecule has 0 aliphatic rings. The summed E-state index contributed by atoms with van der Waals surface area (Å²) in [5.41, 5.74) is 3.21. The first-order valence-corrected chi connectivity index (χ1v) is 8.20. The van der Waals surface area contributed by atoms with Gasteiger partial charge in [-0.3, -0.25) is 0 Å². The molecule has 0 bridgehead atoms. The lowest BCUT2D eigenvalue weighted by Gasteiger charge is -2.09. The molecule has 6 heteroatoms. The van der Waals surface area contributed by atoms with E-state index in [2.05, 4.69) is 51.8 Å². The van der Waals surface area contributed by atoms with Gasteiger partial charge in [0.05, 0.1) is 10.0 Å². The number of halogens is 2. The fraction of sp³-hybridized carbons (Fsp3) is 0.111. The van der Waals surface area contributed by atoms with Crippen LogP contribution in [0.25, 0.3) is 0 Å². The highest BCUT2D eigenvalue weighted by Gasteiger charge is 2.03. The number of aromatic nitrogens is 2. The lowest BCUT2D eigenvalue weighted by Crippen LogP contribution is -2.04. The second kappa shape index (κ2) is 7.51. The number of rotatable bonds is 5. The van der Waals surface area contributed by atoms with Gasteiger partial charge < -0.3 is 10.6 Å². The minimum atomic E-state index is 0.482. The topological polar surface area (TPSA) is 49.8 Å². The largest absolute Gasteiger partial charge is 0.366 e. The maximum Gasteiger partial charge on any atom is 0.229 e. The van der Waals surface area contributed by atoms with Crippen molar-refractivity contribution in [3.8, 4) is 0 Å². The first-order chi connectivity index (χ1) is 11.6. The van der Waals surface area contributed by atoms with Crippen molar-refractivity contribution in [3.63, 3.8) is 0 Å². The molecule has 1 aromatic heterocycles. The summed E-state index contributed by atoms with van der Waals surface area (Å²) in [7, 11) is 0. The zero-order valence-corrected chi connectivity index (χ0v) is 14.6. The smallest absolute Gasteiger partial charge is 0.229 e. The second-order valence-corrected chi connectivity index (χ2v) is 6.17. The SMILES string of the molecule is Cc1ccc(CNc2ccnc(Nc3ccc(Cl)c(Cl)c3)n2)cc1.